The molecule has 25 heavy (non-hydrogen) atoms. The van der Waals surface area contributed by atoms with Gasteiger partial charge < -0.3 is 14.8 Å². The molecule has 1 amide bonds. The minimum Gasteiger partial charge on any atom is -0.496 e. The molecule has 0 aliphatic carbocycles. The maximum absolute atomic E-state index is 12.3. The molecule has 0 saturated carbocycles. The molecule has 4 nitrogen and oxygen atoms in total. The topological polar surface area (TPSA) is 47.6 Å². The highest BCUT2D eigenvalue weighted by Crippen LogP contribution is 2.26. The van der Waals surface area contributed by atoms with Gasteiger partial charge in [0.2, 0.25) is 5.91 Å². The number of hydrogen-bond acceptors (Lipinski definition) is 4. The Morgan fingerprint density at radius 3 is 2.56 bits per heavy atom. The van der Waals surface area contributed by atoms with Gasteiger partial charge in [0.05, 0.1) is 25.5 Å². The summed E-state index contributed by atoms with van der Waals surface area (Å²) in [6.07, 6.45) is 0. The second-order valence-corrected chi connectivity index (χ2v) is 6.78. The van der Waals surface area contributed by atoms with Gasteiger partial charge >= 0.3 is 0 Å². The Kier molecular flexibility index (Phi) is 7.19. The number of thioether (sulfide) groups is 1. The summed E-state index contributed by atoms with van der Waals surface area (Å²) in [5.74, 6) is 2.00. The average Bonchev–Trinajstić information content (AvgIpc) is 2.61. The van der Waals surface area contributed by atoms with Crippen LogP contribution in [-0.2, 0) is 4.79 Å². The van der Waals surface area contributed by atoms with E-state index in [1.54, 1.807) is 7.11 Å². The Labute approximate surface area is 153 Å². The van der Waals surface area contributed by atoms with E-state index in [-0.39, 0.29) is 11.9 Å². The van der Waals surface area contributed by atoms with Crippen molar-refractivity contribution in [1.29, 1.82) is 0 Å². The van der Waals surface area contributed by atoms with Gasteiger partial charge in [0.25, 0.3) is 0 Å². The standard InChI is InChI=1S/C20H25NO3S/c1-5-24-16-7-9-17(10-8-16)25-13-20(22)21-15(3)18-12-14(2)6-11-19(18)23-4/h6-12,15H,5,13H2,1-4H3,(H,21,22)/t15-/m0/s1. The number of carbonyl (C=O) groups excluding carboxylic acids is 1. The zero-order chi connectivity index (χ0) is 18.2. The molecule has 1 atom stereocenters. The molecule has 0 spiro atoms. The lowest BCUT2D eigenvalue weighted by molar-refractivity contribution is -0.119. The fourth-order valence-electron chi connectivity index (χ4n) is 2.50. The molecule has 1 N–H and O–H groups in total. The van der Waals surface area contributed by atoms with E-state index < -0.39 is 0 Å². The number of hydrogen-bond donors (Lipinski definition) is 1. The summed E-state index contributed by atoms with van der Waals surface area (Å²) in [6.45, 7) is 6.60. The number of carbonyl (C=O) groups is 1. The Bertz CT molecular complexity index is 701. The van der Waals surface area contributed by atoms with Gasteiger partial charge in [-0.25, -0.2) is 0 Å². The summed E-state index contributed by atoms with van der Waals surface area (Å²) in [6, 6.07) is 13.6. The summed E-state index contributed by atoms with van der Waals surface area (Å²) in [7, 11) is 1.64. The number of aryl methyl sites for hydroxylation is 1. The van der Waals surface area contributed by atoms with Gasteiger partial charge in [-0.05, 0) is 51.1 Å². The molecule has 0 aromatic heterocycles. The Morgan fingerprint density at radius 2 is 1.92 bits per heavy atom. The minimum atomic E-state index is -0.108. The van der Waals surface area contributed by atoms with E-state index in [1.165, 1.54) is 11.8 Å². The van der Waals surface area contributed by atoms with Crippen molar-refractivity contribution in [3.8, 4) is 11.5 Å². The molecule has 0 aliphatic heterocycles. The minimum absolute atomic E-state index is 0.00468. The predicted molar refractivity (Wildman–Crippen MR) is 103 cm³/mol. The number of methoxy groups -OCH3 is 1. The largest absolute Gasteiger partial charge is 0.496 e. The van der Waals surface area contributed by atoms with E-state index in [0.717, 1.165) is 27.5 Å². The van der Waals surface area contributed by atoms with Gasteiger partial charge in [-0.3, -0.25) is 4.79 Å². The molecule has 0 saturated heterocycles. The van der Waals surface area contributed by atoms with Crippen molar-refractivity contribution in [3.63, 3.8) is 0 Å². The van der Waals surface area contributed by atoms with E-state index in [9.17, 15) is 4.79 Å². The molecule has 0 heterocycles. The Balaban J connectivity index is 1.90. The summed E-state index contributed by atoms with van der Waals surface area (Å²) in [4.78, 5) is 13.3. The third-order valence-corrected chi connectivity index (χ3v) is 4.75. The van der Waals surface area contributed by atoms with Crippen LogP contribution in [0.1, 0.15) is 31.0 Å². The van der Waals surface area contributed by atoms with E-state index in [1.807, 2.05) is 63.2 Å². The molecule has 0 aliphatic rings. The van der Waals surface area contributed by atoms with Crippen LogP contribution in [0.15, 0.2) is 47.4 Å². The predicted octanol–water partition coefficient (Wildman–Crippen LogP) is 4.37. The lowest BCUT2D eigenvalue weighted by atomic mass is 10.0. The number of amides is 1. The van der Waals surface area contributed by atoms with Crippen LogP contribution >= 0.6 is 11.8 Å². The molecule has 5 heteroatoms. The molecule has 2 rings (SSSR count). The van der Waals surface area contributed by atoms with E-state index in [4.69, 9.17) is 9.47 Å². The second kappa shape index (κ2) is 9.37. The molecule has 2 aromatic rings. The molecule has 0 fully saturated rings. The smallest absolute Gasteiger partial charge is 0.230 e. The van der Waals surface area contributed by atoms with Gasteiger partial charge in [-0.2, -0.15) is 0 Å². The lowest BCUT2D eigenvalue weighted by Gasteiger charge is -2.18. The molecular formula is C20H25NO3S. The monoisotopic (exact) mass is 359 g/mol. The third kappa shape index (κ3) is 5.71. The van der Waals surface area contributed by atoms with Crippen molar-refractivity contribution in [1.82, 2.24) is 5.32 Å². The second-order valence-electron chi connectivity index (χ2n) is 5.73. The van der Waals surface area contributed by atoms with Gasteiger partial charge in [0.15, 0.2) is 0 Å². The first-order valence-electron chi connectivity index (χ1n) is 8.33. The van der Waals surface area contributed by atoms with E-state index >= 15 is 0 Å². The van der Waals surface area contributed by atoms with Crippen LogP contribution in [0.3, 0.4) is 0 Å². The first-order chi connectivity index (χ1) is 12.0. The molecule has 2 aromatic carbocycles. The number of rotatable bonds is 8. The molecule has 0 radical (unpaired) electrons. The normalized spacial score (nSPS) is 11.7. The van der Waals surface area contributed by atoms with Crippen LogP contribution in [0, 0.1) is 6.92 Å². The first-order valence-corrected chi connectivity index (χ1v) is 9.31. The third-order valence-electron chi connectivity index (χ3n) is 3.73. The van der Waals surface area contributed by atoms with Crippen LogP contribution in [-0.4, -0.2) is 25.4 Å². The van der Waals surface area contributed by atoms with Gasteiger partial charge in [0.1, 0.15) is 11.5 Å². The summed E-state index contributed by atoms with van der Waals surface area (Å²) >= 11 is 1.51. The van der Waals surface area contributed by atoms with Gasteiger partial charge in [-0.15, -0.1) is 11.8 Å². The number of benzene rings is 2. The Hall–Kier alpha value is -2.14. The highest BCUT2D eigenvalue weighted by Gasteiger charge is 2.14. The lowest BCUT2D eigenvalue weighted by Crippen LogP contribution is -2.28. The van der Waals surface area contributed by atoms with Crippen molar-refractivity contribution in [2.24, 2.45) is 0 Å². The van der Waals surface area contributed by atoms with Crippen LogP contribution in [0.2, 0.25) is 0 Å². The van der Waals surface area contributed by atoms with Crippen molar-refractivity contribution < 1.29 is 14.3 Å². The Morgan fingerprint density at radius 1 is 1.20 bits per heavy atom. The summed E-state index contributed by atoms with van der Waals surface area (Å²) in [5, 5.41) is 3.04. The van der Waals surface area contributed by atoms with Crippen LogP contribution in [0.25, 0.3) is 0 Å². The van der Waals surface area contributed by atoms with Crippen LogP contribution < -0.4 is 14.8 Å². The van der Waals surface area contributed by atoms with E-state index in [0.29, 0.717) is 12.4 Å². The first kappa shape index (κ1) is 19.2. The number of ether oxygens (including phenoxy) is 2. The molecular weight excluding hydrogens is 334 g/mol. The van der Waals surface area contributed by atoms with E-state index in [2.05, 4.69) is 5.32 Å². The fraction of sp³-hybridized carbons (Fsp3) is 0.350. The SMILES string of the molecule is CCOc1ccc(SCC(=O)N[C@@H](C)c2cc(C)ccc2OC)cc1. The quantitative estimate of drug-likeness (QED) is 0.711. The van der Waals surface area contributed by atoms with Crippen molar-refractivity contribution in [2.75, 3.05) is 19.5 Å². The highest BCUT2D eigenvalue weighted by atomic mass is 32.2. The van der Waals surface area contributed by atoms with Crippen LogP contribution in [0.5, 0.6) is 11.5 Å². The summed E-state index contributed by atoms with van der Waals surface area (Å²) in [5.41, 5.74) is 2.13. The zero-order valence-electron chi connectivity index (χ0n) is 15.2. The average molecular weight is 359 g/mol. The van der Waals surface area contributed by atoms with Gasteiger partial charge in [-0.1, -0.05) is 17.7 Å². The number of nitrogens with one attached hydrogen (secondary N) is 1. The molecule has 0 bridgehead atoms. The zero-order valence-corrected chi connectivity index (χ0v) is 16.0. The summed E-state index contributed by atoms with van der Waals surface area (Å²) < 4.78 is 10.8. The molecule has 134 valence electrons. The fourth-order valence-corrected chi connectivity index (χ4v) is 3.21. The van der Waals surface area contributed by atoms with Crippen molar-refractivity contribution in [3.05, 3.63) is 53.6 Å². The van der Waals surface area contributed by atoms with Crippen molar-refractivity contribution in [2.45, 2.75) is 31.7 Å². The van der Waals surface area contributed by atoms with Crippen molar-refractivity contribution >= 4 is 17.7 Å². The van der Waals surface area contributed by atoms with Gasteiger partial charge in [0, 0.05) is 10.5 Å². The highest BCUT2D eigenvalue weighted by molar-refractivity contribution is 8.00. The maximum Gasteiger partial charge on any atom is 0.230 e. The van der Waals surface area contributed by atoms with Crippen LogP contribution in [0.4, 0.5) is 0 Å². The maximum atomic E-state index is 12.3. The molecule has 0 unspecified atom stereocenters.